The molecule has 2 saturated heterocycles. The molecule has 2 aliphatic heterocycles. The summed E-state index contributed by atoms with van der Waals surface area (Å²) >= 11 is 0. The SMILES string of the molecule is CC(C)(C)NCC(=O)N1CCC(CN2CCCC2)CC1. The van der Waals surface area contributed by atoms with Gasteiger partial charge in [0, 0.05) is 25.2 Å². The third kappa shape index (κ3) is 5.06. The summed E-state index contributed by atoms with van der Waals surface area (Å²) in [7, 11) is 0. The van der Waals surface area contributed by atoms with Gasteiger partial charge in [-0.3, -0.25) is 4.79 Å². The Balaban J connectivity index is 1.66. The van der Waals surface area contributed by atoms with Crippen LogP contribution >= 0.6 is 0 Å². The standard InChI is InChI=1S/C16H31N3O/c1-16(2,3)17-12-15(20)19-10-6-14(7-11-19)13-18-8-4-5-9-18/h14,17H,4-13H2,1-3H3. The summed E-state index contributed by atoms with van der Waals surface area (Å²) < 4.78 is 0. The number of carbonyl (C=O) groups is 1. The summed E-state index contributed by atoms with van der Waals surface area (Å²) in [6, 6.07) is 0. The van der Waals surface area contributed by atoms with E-state index in [9.17, 15) is 4.79 Å². The molecule has 0 aromatic rings. The largest absolute Gasteiger partial charge is 0.342 e. The van der Waals surface area contributed by atoms with E-state index in [1.165, 1.54) is 45.3 Å². The zero-order valence-corrected chi connectivity index (χ0v) is 13.5. The van der Waals surface area contributed by atoms with Gasteiger partial charge in [-0.1, -0.05) is 0 Å². The van der Waals surface area contributed by atoms with Crippen LogP contribution in [-0.4, -0.2) is 60.5 Å². The van der Waals surface area contributed by atoms with Gasteiger partial charge in [0.2, 0.25) is 5.91 Å². The van der Waals surface area contributed by atoms with Gasteiger partial charge < -0.3 is 15.1 Å². The lowest BCUT2D eigenvalue weighted by atomic mass is 9.96. The summed E-state index contributed by atoms with van der Waals surface area (Å²) in [6.45, 7) is 12.5. The van der Waals surface area contributed by atoms with Crippen molar-refractivity contribution in [3.05, 3.63) is 0 Å². The second-order valence-corrected chi connectivity index (χ2v) is 7.44. The summed E-state index contributed by atoms with van der Waals surface area (Å²) in [4.78, 5) is 16.8. The molecule has 0 atom stereocenters. The van der Waals surface area contributed by atoms with Crippen molar-refractivity contribution in [2.45, 2.75) is 52.0 Å². The molecule has 1 amide bonds. The first-order valence-corrected chi connectivity index (χ1v) is 8.19. The maximum atomic E-state index is 12.1. The molecule has 4 heteroatoms. The molecule has 2 rings (SSSR count). The highest BCUT2D eigenvalue weighted by Gasteiger charge is 2.25. The average molecular weight is 281 g/mol. The fourth-order valence-corrected chi connectivity index (χ4v) is 3.15. The van der Waals surface area contributed by atoms with E-state index in [1.807, 2.05) is 4.90 Å². The predicted molar refractivity (Wildman–Crippen MR) is 82.7 cm³/mol. The van der Waals surface area contributed by atoms with Gasteiger partial charge in [0.15, 0.2) is 0 Å². The fraction of sp³-hybridized carbons (Fsp3) is 0.938. The lowest BCUT2D eigenvalue weighted by molar-refractivity contribution is -0.132. The third-order valence-corrected chi connectivity index (χ3v) is 4.45. The Kier molecular flexibility index (Phi) is 5.44. The Morgan fingerprint density at radius 1 is 1.10 bits per heavy atom. The van der Waals surface area contributed by atoms with E-state index in [0.717, 1.165) is 19.0 Å². The van der Waals surface area contributed by atoms with Crippen LogP contribution in [0.3, 0.4) is 0 Å². The van der Waals surface area contributed by atoms with Crippen LogP contribution in [0.4, 0.5) is 0 Å². The second-order valence-electron chi connectivity index (χ2n) is 7.44. The van der Waals surface area contributed by atoms with E-state index < -0.39 is 0 Å². The molecule has 1 N–H and O–H groups in total. The van der Waals surface area contributed by atoms with Crippen molar-refractivity contribution in [2.75, 3.05) is 39.3 Å². The smallest absolute Gasteiger partial charge is 0.236 e. The number of nitrogens with zero attached hydrogens (tertiary/aromatic N) is 2. The van der Waals surface area contributed by atoms with E-state index in [1.54, 1.807) is 0 Å². The fourth-order valence-electron chi connectivity index (χ4n) is 3.15. The minimum atomic E-state index is 0.0176. The Morgan fingerprint density at radius 2 is 1.70 bits per heavy atom. The number of piperidine rings is 1. The number of likely N-dealkylation sites (tertiary alicyclic amines) is 2. The highest BCUT2D eigenvalue weighted by atomic mass is 16.2. The third-order valence-electron chi connectivity index (χ3n) is 4.45. The molecule has 0 saturated carbocycles. The molecule has 2 fully saturated rings. The monoisotopic (exact) mass is 281 g/mol. The van der Waals surface area contributed by atoms with Gasteiger partial charge in [-0.2, -0.15) is 0 Å². The molecular weight excluding hydrogens is 250 g/mol. The predicted octanol–water partition coefficient (Wildman–Crippen LogP) is 1.71. The molecule has 4 nitrogen and oxygen atoms in total. The van der Waals surface area contributed by atoms with E-state index >= 15 is 0 Å². The Bertz CT molecular complexity index is 310. The molecule has 0 aromatic carbocycles. The zero-order valence-electron chi connectivity index (χ0n) is 13.5. The van der Waals surface area contributed by atoms with Crippen molar-refractivity contribution in [3.8, 4) is 0 Å². The molecule has 0 unspecified atom stereocenters. The Morgan fingerprint density at radius 3 is 2.25 bits per heavy atom. The Hall–Kier alpha value is -0.610. The minimum absolute atomic E-state index is 0.0176. The molecule has 0 radical (unpaired) electrons. The summed E-state index contributed by atoms with van der Waals surface area (Å²) in [6.07, 6.45) is 5.10. The molecule has 116 valence electrons. The molecule has 0 bridgehead atoms. The van der Waals surface area contributed by atoms with E-state index in [-0.39, 0.29) is 11.4 Å². The zero-order chi connectivity index (χ0) is 14.6. The molecule has 0 aromatic heterocycles. The van der Waals surface area contributed by atoms with Gasteiger partial charge in [-0.15, -0.1) is 0 Å². The maximum absolute atomic E-state index is 12.1. The maximum Gasteiger partial charge on any atom is 0.236 e. The van der Waals surface area contributed by atoms with E-state index in [0.29, 0.717) is 6.54 Å². The van der Waals surface area contributed by atoms with Gasteiger partial charge in [0.1, 0.15) is 0 Å². The first kappa shape index (κ1) is 15.8. The van der Waals surface area contributed by atoms with Gasteiger partial charge in [0.05, 0.1) is 6.54 Å². The molecule has 0 spiro atoms. The lowest BCUT2D eigenvalue weighted by Gasteiger charge is -2.34. The van der Waals surface area contributed by atoms with Crippen LogP contribution in [0.15, 0.2) is 0 Å². The quantitative estimate of drug-likeness (QED) is 0.852. The highest BCUT2D eigenvalue weighted by molar-refractivity contribution is 5.78. The number of rotatable bonds is 4. The molecular formula is C16H31N3O. The van der Waals surface area contributed by atoms with E-state index in [4.69, 9.17) is 0 Å². The minimum Gasteiger partial charge on any atom is -0.342 e. The first-order valence-electron chi connectivity index (χ1n) is 8.19. The van der Waals surface area contributed by atoms with Gasteiger partial charge in [-0.25, -0.2) is 0 Å². The van der Waals surface area contributed by atoms with Crippen molar-refractivity contribution in [1.29, 1.82) is 0 Å². The van der Waals surface area contributed by atoms with Crippen molar-refractivity contribution < 1.29 is 4.79 Å². The van der Waals surface area contributed by atoms with Crippen molar-refractivity contribution >= 4 is 5.91 Å². The van der Waals surface area contributed by atoms with Crippen LogP contribution in [0.2, 0.25) is 0 Å². The van der Waals surface area contributed by atoms with Crippen LogP contribution in [-0.2, 0) is 4.79 Å². The number of carbonyl (C=O) groups excluding carboxylic acids is 1. The van der Waals surface area contributed by atoms with Crippen LogP contribution in [0.25, 0.3) is 0 Å². The molecule has 20 heavy (non-hydrogen) atoms. The number of nitrogens with one attached hydrogen (secondary N) is 1. The Labute approximate surface area is 123 Å². The van der Waals surface area contributed by atoms with Gasteiger partial charge in [0.25, 0.3) is 0 Å². The molecule has 2 heterocycles. The van der Waals surface area contributed by atoms with Crippen LogP contribution in [0, 0.1) is 5.92 Å². The van der Waals surface area contributed by atoms with Crippen molar-refractivity contribution in [1.82, 2.24) is 15.1 Å². The normalized spacial score (nSPS) is 22.4. The topological polar surface area (TPSA) is 35.6 Å². The number of hydrogen-bond donors (Lipinski definition) is 1. The molecule has 2 aliphatic rings. The summed E-state index contributed by atoms with van der Waals surface area (Å²) in [5, 5.41) is 3.29. The average Bonchev–Trinajstić information content (AvgIpc) is 2.89. The summed E-state index contributed by atoms with van der Waals surface area (Å²) in [5.41, 5.74) is 0.0176. The van der Waals surface area contributed by atoms with Crippen LogP contribution in [0.5, 0.6) is 0 Å². The van der Waals surface area contributed by atoms with Gasteiger partial charge >= 0.3 is 0 Å². The lowest BCUT2D eigenvalue weighted by Crippen LogP contribution is -2.47. The van der Waals surface area contributed by atoms with Crippen LogP contribution < -0.4 is 5.32 Å². The van der Waals surface area contributed by atoms with Crippen molar-refractivity contribution in [3.63, 3.8) is 0 Å². The highest BCUT2D eigenvalue weighted by Crippen LogP contribution is 2.20. The second kappa shape index (κ2) is 6.90. The van der Waals surface area contributed by atoms with Gasteiger partial charge in [-0.05, 0) is 65.5 Å². The number of hydrogen-bond acceptors (Lipinski definition) is 3. The van der Waals surface area contributed by atoms with Crippen LogP contribution in [0.1, 0.15) is 46.5 Å². The number of amides is 1. The summed E-state index contributed by atoms with van der Waals surface area (Å²) in [5.74, 6) is 1.06. The van der Waals surface area contributed by atoms with E-state index in [2.05, 4.69) is 31.0 Å². The molecule has 0 aliphatic carbocycles. The first-order chi connectivity index (χ1) is 9.44. The van der Waals surface area contributed by atoms with Crippen molar-refractivity contribution in [2.24, 2.45) is 5.92 Å².